The molecule has 0 saturated heterocycles. The van der Waals surface area contributed by atoms with Crippen LogP contribution in [0, 0.1) is 0 Å². The fraction of sp³-hybridized carbons (Fsp3) is 0.500. The summed E-state index contributed by atoms with van der Waals surface area (Å²) in [4.78, 5) is 11.2. The monoisotopic (exact) mass is 425 g/mol. The molecule has 0 spiro atoms. The first-order valence-corrected chi connectivity index (χ1v) is 9.40. The zero-order chi connectivity index (χ0) is 16.3. The van der Waals surface area contributed by atoms with Gasteiger partial charge in [-0.15, -0.1) is 12.4 Å². The van der Waals surface area contributed by atoms with Gasteiger partial charge in [-0.25, -0.2) is 13.1 Å². The van der Waals surface area contributed by atoms with Crippen molar-refractivity contribution in [1.82, 2.24) is 4.72 Å². The lowest BCUT2D eigenvalue weighted by Crippen LogP contribution is -2.40. The summed E-state index contributed by atoms with van der Waals surface area (Å²) in [6.45, 7) is 1.40. The van der Waals surface area contributed by atoms with E-state index in [1.165, 1.54) is 19.1 Å². The number of nitrogens with one attached hydrogen (secondary N) is 2. The maximum Gasteiger partial charge on any atom is 0.240 e. The smallest absolute Gasteiger partial charge is 0.240 e. The lowest BCUT2D eigenvalue weighted by molar-refractivity contribution is -0.114. The Bertz CT molecular complexity index is 661. The molecule has 0 bridgehead atoms. The lowest BCUT2D eigenvalue weighted by atomic mass is 9.93. The van der Waals surface area contributed by atoms with E-state index in [0.717, 1.165) is 25.7 Å². The van der Waals surface area contributed by atoms with Gasteiger partial charge in [0.1, 0.15) is 0 Å². The number of hydrogen-bond acceptors (Lipinski definition) is 4. The third-order valence-corrected chi connectivity index (χ3v) is 5.83. The van der Waals surface area contributed by atoms with Crippen molar-refractivity contribution < 1.29 is 13.2 Å². The van der Waals surface area contributed by atoms with Crippen molar-refractivity contribution in [2.45, 2.75) is 49.6 Å². The second-order valence-electron chi connectivity index (χ2n) is 5.56. The van der Waals surface area contributed by atoms with Crippen molar-refractivity contribution in [3.63, 3.8) is 0 Å². The predicted octanol–water partition coefficient (Wildman–Crippen LogP) is 2.38. The normalized spacial score (nSPS) is 21.3. The molecule has 0 aliphatic heterocycles. The van der Waals surface area contributed by atoms with Gasteiger partial charge in [-0.05, 0) is 59.8 Å². The van der Waals surface area contributed by atoms with Gasteiger partial charge >= 0.3 is 0 Å². The summed E-state index contributed by atoms with van der Waals surface area (Å²) < 4.78 is 28.1. The Morgan fingerprint density at radius 2 is 1.87 bits per heavy atom. The summed E-state index contributed by atoms with van der Waals surface area (Å²) in [5.41, 5.74) is 6.37. The average molecular weight is 427 g/mol. The first-order valence-electron chi connectivity index (χ1n) is 7.13. The van der Waals surface area contributed by atoms with Crippen LogP contribution in [-0.4, -0.2) is 26.4 Å². The Hall–Kier alpha value is -0.670. The molecule has 4 N–H and O–H groups in total. The van der Waals surface area contributed by atoms with Crippen LogP contribution in [0.4, 0.5) is 5.69 Å². The molecule has 0 atom stereocenters. The van der Waals surface area contributed by atoms with Crippen molar-refractivity contribution >= 4 is 50.0 Å². The number of rotatable bonds is 4. The SMILES string of the molecule is CC(=O)Nc1ccc(S(=O)(=O)NC2CCC(N)CC2)cc1Br.Cl. The molecule has 0 unspecified atom stereocenters. The largest absolute Gasteiger partial charge is 0.328 e. The molecule has 1 amide bonds. The second kappa shape index (κ2) is 8.43. The van der Waals surface area contributed by atoms with Gasteiger partial charge < -0.3 is 11.1 Å². The Labute approximate surface area is 151 Å². The van der Waals surface area contributed by atoms with Crippen LogP contribution in [0.15, 0.2) is 27.6 Å². The highest BCUT2D eigenvalue weighted by Gasteiger charge is 2.24. The summed E-state index contributed by atoms with van der Waals surface area (Å²) in [5, 5.41) is 2.62. The molecule has 1 aliphatic carbocycles. The first kappa shape index (κ1) is 20.4. The average Bonchev–Trinajstić information content (AvgIpc) is 2.43. The molecule has 1 aromatic rings. The number of anilines is 1. The molecule has 23 heavy (non-hydrogen) atoms. The van der Waals surface area contributed by atoms with Crippen LogP contribution in [0.25, 0.3) is 0 Å². The van der Waals surface area contributed by atoms with Crippen LogP contribution in [0.5, 0.6) is 0 Å². The molecule has 1 aliphatic rings. The van der Waals surface area contributed by atoms with Crippen LogP contribution in [0.3, 0.4) is 0 Å². The molecule has 2 rings (SSSR count). The third-order valence-electron chi connectivity index (χ3n) is 3.66. The summed E-state index contributed by atoms with van der Waals surface area (Å²) in [6.07, 6.45) is 3.17. The van der Waals surface area contributed by atoms with Crippen molar-refractivity contribution in [2.75, 3.05) is 5.32 Å². The minimum atomic E-state index is -3.58. The molecular formula is C14H21BrClN3O3S. The van der Waals surface area contributed by atoms with E-state index < -0.39 is 10.0 Å². The quantitative estimate of drug-likeness (QED) is 0.688. The number of nitrogens with two attached hydrogens (primary N) is 1. The number of halogens is 2. The van der Waals surface area contributed by atoms with Crippen molar-refractivity contribution in [1.29, 1.82) is 0 Å². The number of sulfonamides is 1. The topological polar surface area (TPSA) is 101 Å². The van der Waals surface area contributed by atoms with Gasteiger partial charge in [-0.1, -0.05) is 0 Å². The molecule has 1 aromatic carbocycles. The Morgan fingerprint density at radius 3 is 2.39 bits per heavy atom. The van der Waals surface area contributed by atoms with Gasteiger partial charge in [-0.3, -0.25) is 4.79 Å². The predicted molar refractivity (Wildman–Crippen MR) is 96.2 cm³/mol. The maximum atomic E-state index is 12.4. The van der Waals surface area contributed by atoms with Gasteiger partial charge in [0.15, 0.2) is 0 Å². The Kier molecular flexibility index (Phi) is 7.47. The summed E-state index contributed by atoms with van der Waals surface area (Å²) in [5.74, 6) is -0.215. The van der Waals surface area contributed by atoms with Crippen LogP contribution >= 0.6 is 28.3 Å². The minimum absolute atomic E-state index is 0. The van der Waals surface area contributed by atoms with E-state index in [0.29, 0.717) is 10.2 Å². The van der Waals surface area contributed by atoms with E-state index in [9.17, 15) is 13.2 Å². The van der Waals surface area contributed by atoms with Crippen LogP contribution < -0.4 is 15.8 Å². The highest BCUT2D eigenvalue weighted by Crippen LogP contribution is 2.26. The number of carbonyl (C=O) groups excluding carboxylic acids is 1. The third kappa shape index (κ3) is 5.72. The standard InChI is InChI=1S/C14H20BrN3O3S.ClH/c1-9(19)17-14-7-6-12(8-13(14)15)22(20,21)18-11-4-2-10(16)3-5-11;/h6-8,10-11,18H,2-5,16H2,1H3,(H,17,19);1H. The molecule has 9 heteroatoms. The minimum Gasteiger partial charge on any atom is -0.328 e. The number of amides is 1. The summed E-state index contributed by atoms with van der Waals surface area (Å²) in [6, 6.07) is 4.64. The van der Waals surface area contributed by atoms with Gasteiger partial charge in [0.05, 0.1) is 10.6 Å². The van der Waals surface area contributed by atoms with E-state index in [4.69, 9.17) is 5.73 Å². The van der Waals surface area contributed by atoms with E-state index in [2.05, 4.69) is 26.0 Å². The summed E-state index contributed by atoms with van der Waals surface area (Å²) >= 11 is 3.28. The zero-order valence-electron chi connectivity index (χ0n) is 12.7. The molecule has 130 valence electrons. The number of benzene rings is 1. The highest BCUT2D eigenvalue weighted by molar-refractivity contribution is 9.10. The number of carbonyl (C=O) groups is 1. The summed E-state index contributed by atoms with van der Waals surface area (Å²) in [7, 11) is -3.58. The fourth-order valence-corrected chi connectivity index (χ4v) is 4.44. The molecule has 1 fully saturated rings. The molecule has 0 radical (unpaired) electrons. The van der Waals surface area contributed by atoms with Gasteiger partial charge in [-0.2, -0.15) is 0 Å². The van der Waals surface area contributed by atoms with Crippen LogP contribution in [0.1, 0.15) is 32.6 Å². The zero-order valence-corrected chi connectivity index (χ0v) is 15.9. The first-order chi connectivity index (χ1) is 10.3. The molecule has 0 heterocycles. The van der Waals surface area contributed by atoms with E-state index in [1.54, 1.807) is 6.07 Å². The van der Waals surface area contributed by atoms with Crippen molar-refractivity contribution in [3.05, 3.63) is 22.7 Å². The van der Waals surface area contributed by atoms with Gasteiger partial charge in [0.2, 0.25) is 15.9 Å². The fourth-order valence-electron chi connectivity index (χ4n) is 2.48. The highest BCUT2D eigenvalue weighted by atomic mass is 79.9. The molecule has 0 aromatic heterocycles. The van der Waals surface area contributed by atoms with Crippen molar-refractivity contribution in [2.24, 2.45) is 5.73 Å². The van der Waals surface area contributed by atoms with Crippen LogP contribution in [-0.2, 0) is 14.8 Å². The van der Waals surface area contributed by atoms with Crippen molar-refractivity contribution in [3.8, 4) is 0 Å². The second-order valence-corrected chi connectivity index (χ2v) is 8.12. The molecular weight excluding hydrogens is 406 g/mol. The maximum absolute atomic E-state index is 12.4. The van der Waals surface area contributed by atoms with Gasteiger partial charge in [0.25, 0.3) is 0 Å². The number of hydrogen-bond donors (Lipinski definition) is 3. The Morgan fingerprint density at radius 1 is 1.26 bits per heavy atom. The molecule has 1 saturated carbocycles. The van der Waals surface area contributed by atoms with Gasteiger partial charge in [0, 0.05) is 23.5 Å². The van der Waals surface area contributed by atoms with E-state index >= 15 is 0 Å². The Balaban J connectivity index is 0.00000264. The van der Waals surface area contributed by atoms with E-state index in [1.807, 2.05) is 0 Å². The van der Waals surface area contributed by atoms with Crippen LogP contribution in [0.2, 0.25) is 0 Å². The van der Waals surface area contributed by atoms with E-state index in [-0.39, 0.29) is 35.3 Å². The molecule has 6 nitrogen and oxygen atoms in total. The lowest BCUT2D eigenvalue weighted by Gasteiger charge is -2.26.